The van der Waals surface area contributed by atoms with Crippen molar-refractivity contribution in [1.82, 2.24) is 10.2 Å². The van der Waals surface area contributed by atoms with E-state index in [1.165, 1.54) is 58.0 Å². The summed E-state index contributed by atoms with van der Waals surface area (Å²) in [7, 11) is 0. The van der Waals surface area contributed by atoms with Gasteiger partial charge in [-0.15, -0.1) is 0 Å². The highest BCUT2D eigenvalue weighted by Gasteiger charge is 2.33. The molecule has 0 spiro atoms. The highest BCUT2D eigenvalue weighted by molar-refractivity contribution is 4.87. The van der Waals surface area contributed by atoms with Crippen LogP contribution in [0.15, 0.2) is 0 Å². The molecule has 2 atom stereocenters. The Labute approximate surface area is 112 Å². The average Bonchev–Trinajstić information content (AvgIpc) is 2.43. The van der Waals surface area contributed by atoms with E-state index in [0.29, 0.717) is 12.1 Å². The first-order valence-corrected chi connectivity index (χ1v) is 7.98. The number of hydrogen-bond acceptors (Lipinski definition) is 3. The van der Waals surface area contributed by atoms with Crippen molar-refractivity contribution in [2.45, 2.75) is 64.0 Å². The first-order valence-electron chi connectivity index (χ1n) is 7.98. The lowest BCUT2D eigenvalue weighted by atomic mass is 9.90. The summed E-state index contributed by atoms with van der Waals surface area (Å²) >= 11 is 0. The van der Waals surface area contributed by atoms with Gasteiger partial charge in [0.1, 0.15) is 0 Å². The lowest BCUT2D eigenvalue weighted by Crippen LogP contribution is -2.54. The fourth-order valence-corrected chi connectivity index (χ4v) is 3.30. The summed E-state index contributed by atoms with van der Waals surface area (Å²) in [6.45, 7) is 7.88. The number of morpholine rings is 1. The molecule has 0 aromatic heterocycles. The van der Waals surface area contributed by atoms with Crippen molar-refractivity contribution in [3.8, 4) is 0 Å². The molecule has 2 fully saturated rings. The Balaban J connectivity index is 1.62. The van der Waals surface area contributed by atoms with E-state index in [1.54, 1.807) is 0 Å². The minimum atomic E-state index is 0.535. The van der Waals surface area contributed by atoms with Gasteiger partial charge in [0.15, 0.2) is 0 Å². The molecule has 1 N–H and O–H groups in total. The van der Waals surface area contributed by atoms with Crippen LogP contribution in [0.5, 0.6) is 0 Å². The van der Waals surface area contributed by atoms with E-state index in [9.17, 15) is 0 Å². The normalized spacial score (nSPS) is 29.2. The van der Waals surface area contributed by atoms with E-state index in [4.69, 9.17) is 4.74 Å². The Hall–Kier alpha value is -0.120. The maximum atomic E-state index is 5.91. The Kier molecular flexibility index (Phi) is 6.46. The summed E-state index contributed by atoms with van der Waals surface area (Å²) in [5, 5.41) is 3.58. The molecule has 2 aliphatic rings. The second-order valence-electron chi connectivity index (χ2n) is 5.75. The lowest BCUT2D eigenvalue weighted by molar-refractivity contribution is -0.0873. The summed E-state index contributed by atoms with van der Waals surface area (Å²) in [5.41, 5.74) is 0. The van der Waals surface area contributed by atoms with E-state index in [-0.39, 0.29) is 0 Å². The quantitative estimate of drug-likeness (QED) is 0.706. The van der Waals surface area contributed by atoms with Gasteiger partial charge < -0.3 is 10.1 Å². The fourth-order valence-electron chi connectivity index (χ4n) is 3.30. The highest BCUT2D eigenvalue weighted by Crippen LogP contribution is 2.27. The molecule has 1 aliphatic carbocycles. The molecular formula is C15H30N2O. The van der Waals surface area contributed by atoms with Crippen LogP contribution >= 0.6 is 0 Å². The van der Waals surface area contributed by atoms with Crippen LogP contribution in [0.4, 0.5) is 0 Å². The minimum Gasteiger partial charge on any atom is -0.375 e. The molecule has 3 heteroatoms. The lowest BCUT2D eigenvalue weighted by Gasteiger charge is -2.43. The number of nitrogens with one attached hydrogen (secondary N) is 1. The monoisotopic (exact) mass is 254 g/mol. The van der Waals surface area contributed by atoms with Crippen LogP contribution in [-0.4, -0.2) is 49.8 Å². The van der Waals surface area contributed by atoms with Gasteiger partial charge in [0.05, 0.1) is 12.7 Å². The minimum absolute atomic E-state index is 0.535. The van der Waals surface area contributed by atoms with E-state index < -0.39 is 0 Å². The zero-order chi connectivity index (χ0) is 12.6. The van der Waals surface area contributed by atoms with Crippen molar-refractivity contribution in [2.75, 3.05) is 32.8 Å². The van der Waals surface area contributed by atoms with Crippen molar-refractivity contribution in [1.29, 1.82) is 0 Å². The Morgan fingerprint density at radius 3 is 2.94 bits per heavy atom. The standard InChI is InChI=1S/C15H30N2O/c1-2-3-6-9-16-10-11-17-12-13-18-15-8-5-4-7-14(15)17/h14-16H,2-13H2,1H3. The van der Waals surface area contributed by atoms with Crippen LogP contribution in [-0.2, 0) is 4.74 Å². The van der Waals surface area contributed by atoms with Crippen LogP contribution < -0.4 is 5.32 Å². The predicted molar refractivity (Wildman–Crippen MR) is 76.0 cm³/mol. The zero-order valence-corrected chi connectivity index (χ0v) is 12.0. The van der Waals surface area contributed by atoms with Crippen molar-refractivity contribution in [3.63, 3.8) is 0 Å². The Morgan fingerprint density at radius 2 is 2.06 bits per heavy atom. The molecule has 1 saturated carbocycles. The SMILES string of the molecule is CCCCCNCCN1CCOC2CCCCC21. The summed E-state index contributed by atoms with van der Waals surface area (Å²) in [6, 6.07) is 0.713. The molecule has 1 saturated heterocycles. The molecular weight excluding hydrogens is 224 g/mol. The van der Waals surface area contributed by atoms with Crippen molar-refractivity contribution in [3.05, 3.63) is 0 Å². The zero-order valence-electron chi connectivity index (χ0n) is 12.0. The first kappa shape index (κ1) is 14.3. The number of ether oxygens (including phenoxy) is 1. The van der Waals surface area contributed by atoms with Gasteiger partial charge in [-0.3, -0.25) is 4.90 Å². The molecule has 0 bridgehead atoms. The third kappa shape index (κ3) is 4.22. The Bertz CT molecular complexity index is 221. The molecule has 106 valence electrons. The molecule has 0 radical (unpaired) electrons. The van der Waals surface area contributed by atoms with Crippen molar-refractivity contribution in [2.24, 2.45) is 0 Å². The number of rotatable bonds is 7. The van der Waals surface area contributed by atoms with Crippen LogP contribution in [0.3, 0.4) is 0 Å². The first-order chi connectivity index (χ1) is 8.92. The van der Waals surface area contributed by atoms with Gasteiger partial charge >= 0.3 is 0 Å². The second kappa shape index (κ2) is 8.13. The molecule has 2 rings (SSSR count). The van der Waals surface area contributed by atoms with Gasteiger partial charge in [0, 0.05) is 25.7 Å². The highest BCUT2D eigenvalue weighted by atomic mass is 16.5. The van der Waals surface area contributed by atoms with Gasteiger partial charge in [-0.25, -0.2) is 0 Å². The third-order valence-electron chi connectivity index (χ3n) is 4.38. The third-order valence-corrected chi connectivity index (χ3v) is 4.38. The number of nitrogens with zero attached hydrogens (tertiary/aromatic N) is 1. The molecule has 1 heterocycles. The smallest absolute Gasteiger partial charge is 0.0730 e. The van der Waals surface area contributed by atoms with Crippen LogP contribution in [0, 0.1) is 0 Å². The molecule has 3 nitrogen and oxygen atoms in total. The summed E-state index contributed by atoms with van der Waals surface area (Å²) < 4.78 is 5.91. The topological polar surface area (TPSA) is 24.5 Å². The largest absolute Gasteiger partial charge is 0.375 e. The van der Waals surface area contributed by atoms with Gasteiger partial charge in [0.25, 0.3) is 0 Å². The van der Waals surface area contributed by atoms with E-state index >= 15 is 0 Å². The average molecular weight is 254 g/mol. The summed E-state index contributed by atoms with van der Waals surface area (Å²) in [4.78, 5) is 2.67. The van der Waals surface area contributed by atoms with E-state index in [2.05, 4.69) is 17.1 Å². The Morgan fingerprint density at radius 1 is 1.17 bits per heavy atom. The van der Waals surface area contributed by atoms with Crippen molar-refractivity contribution < 1.29 is 4.74 Å². The summed E-state index contributed by atoms with van der Waals surface area (Å²) in [6.07, 6.45) is 9.92. The maximum absolute atomic E-state index is 5.91. The molecule has 2 unspecified atom stereocenters. The molecule has 18 heavy (non-hydrogen) atoms. The van der Waals surface area contributed by atoms with Gasteiger partial charge in [-0.05, 0) is 25.8 Å². The summed E-state index contributed by atoms with van der Waals surface area (Å²) in [5.74, 6) is 0. The van der Waals surface area contributed by atoms with Crippen LogP contribution in [0.1, 0.15) is 51.9 Å². The molecule has 0 amide bonds. The van der Waals surface area contributed by atoms with Gasteiger partial charge in [-0.1, -0.05) is 32.6 Å². The van der Waals surface area contributed by atoms with E-state index in [0.717, 1.165) is 19.7 Å². The van der Waals surface area contributed by atoms with Crippen LogP contribution in [0.2, 0.25) is 0 Å². The maximum Gasteiger partial charge on any atom is 0.0730 e. The molecule has 0 aromatic carbocycles. The van der Waals surface area contributed by atoms with Gasteiger partial charge in [0.2, 0.25) is 0 Å². The second-order valence-corrected chi connectivity index (χ2v) is 5.75. The molecule has 0 aromatic rings. The number of hydrogen-bond donors (Lipinski definition) is 1. The predicted octanol–water partition coefficient (Wildman–Crippen LogP) is 2.41. The fraction of sp³-hybridized carbons (Fsp3) is 1.00. The molecule has 1 aliphatic heterocycles. The van der Waals surface area contributed by atoms with Crippen molar-refractivity contribution >= 4 is 0 Å². The van der Waals surface area contributed by atoms with E-state index in [1.807, 2.05) is 0 Å². The number of unbranched alkanes of at least 4 members (excludes halogenated alkanes) is 2. The van der Waals surface area contributed by atoms with Crippen LogP contribution in [0.25, 0.3) is 0 Å². The van der Waals surface area contributed by atoms with Gasteiger partial charge in [-0.2, -0.15) is 0 Å². The number of fused-ring (bicyclic) bond motifs is 1.